The highest BCUT2D eigenvalue weighted by Crippen LogP contribution is 2.18. The molecule has 0 atom stereocenters. The van der Waals surface area contributed by atoms with E-state index in [0.717, 1.165) is 5.56 Å². The Kier molecular flexibility index (Phi) is 4.04. The Labute approximate surface area is 95.9 Å². The summed E-state index contributed by atoms with van der Waals surface area (Å²) in [5.74, 6) is 0. The molecule has 1 amide bonds. The standard InChI is InChI=1S/C12H18N2O2/c1-12(2,3)16-14(9-15)11-6-4-10(8-13)5-7-11/h4-7,9H,8,13H2,1-3H3. The van der Waals surface area contributed by atoms with Gasteiger partial charge < -0.3 is 5.73 Å². The van der Waals surface area contributed by atoms with Crippen molar-refractivity contribution in [3.05, 3.63) is 29.8 Å². The van der Waals surface area contributed by atoms with Crippen molar-refractivity contribution in [3.63, 3.8) is 0 Å². The van der Waals surface area contributed by atoms with Crippen molar-refractivity contribution in [1.29, 1.82) is 0 Å². The van der Waals surface area contributed by atoms with Gasteiger partial charge in [0.2, 0.25) is 6.41 Å². The Morgan fingerprint density at radius 1 is 1.31 bits per heavy atom. The fourth-order valence-corrected chi connectivity index (χ4v) is 1.21. The smallest absolute Gasteiger partial charge is 0.238 e. The molecule has 88 valence electrons. The van der Waals surface area contributed by atoms with Gasteiger partial charge in [-0.3, -0.25) is 9.63 Å². The lowest BCUT2D eigenvalue weighted by molar-refractivity contribution is -0.120. The number of hydrogen-bond donors (Lipinski definition) is 1. The molecule has 0 unspecified atom stereocenters. The number of nitrogens with two attached hydrogens (primary N) is 1. The average molecular weight is 222 g/mol. The summed E-state index contributed by atoms with van der Waals surface area (Å²) in [6, 6.07) is 7.36. The maximum atomic E-state index is 10.9. The van der Waals surface area contributed by atoms with Crippen molar-refractivity contribution in [1.82, 2.24) is 0 Å². The second-order valence-electron chi connectivity index (χ2n) is 4.51. The number of carbonyl (C=O) groups is 1. The van der Waals surface area contributed by atoms with Crippen molar-refractivity contribution in [2.24, 2.45) is 5.73 Å². The number of anilines is 1. The molecule has 1 aromatic carbocycles. The molecule has 0 spiro atoms. The number of hydroxylamine groups is 1. The molecule has 0 bridgehead atoms. The fraction of sp³-hybridized carbons (Fsp3) is 0.417. The maximum absolute atomic E-state index is 10.9. The second-order valence-corrected chi connectivity index (χ2v) is 4.51. The molecule has 16 heavy (non-hydrogen) atoms. The van der Waals surface area contributed by atoms with E-state index in [2.05, 4.69) is 0 Å². The molecule has 0 aliphatic heterocycles. The number of amides is 1. The van der Waals surface area contributed by atoms with Gasteiger partial charge in [0.05, 0.1) is 11.3 Å². The first kappa shape index (κ1) is 12.7. The van der Waals surface area contributed by atoms with E-state index in [1.165, 1.54) is 5.06 Å². The summed E-state index contributed by atoms with van der Waals surface area (Å²) < 4.78 is 0. The van der Waals surface area contributed by atoms with Gasteiger partial charge in [0.15, 0.2) is 0 Å². The van der Waals surface area contributed by atoms with Gasteiger partial charge in [0, 0.05) is 6.54 Å². The minimum Gasteiger partial charge on any atom is -0.326 e. The van der Waals surface area contributed by atoms with Gasteiger partial charge in [-0.2, -0.15) is 5.06 Å². The molecule has 4 nitrogen and oxygen atoms in total. The van der Waals surface area contributed by atoms with Crippen LogP contribution in [0.15, 0.2) is 24.3 Å². The third-order valence-electron chi connectivity index (χ3n) is 1.89. The SMILES string of the molecule is CC(C)(C)ON(C=O)c1ccc(CN)cc1. The molecular formula is C12H18N2O2. The Morgan fingerprint density at radius 3 is 2.25 bits per heavy atom. The minimum absolute atomic E-state index is 0.409. The van der Waals surface area contributed by atoms with E-state index in [4.69, 9.17) is 10.6 Å². The van der Waals surface area contributed by atoms with E-state index in [0.29, 0.717) is 18.6 Å². The van der Waals surface area contributed by atoms with Gasteiger partial charge in [-0.25, -0.2) is 0 Å². The van der Waals surface area contributed by atoms with E-state index >= 15 is 0 Å². The first-order valence-corrected chi connectivity index (χ1v) is 5.19. The van der Waals surface area contributed by atoms with E-state index < -0.39 is 5.60 Å². The number of hydrogen-bond acceptors (Lipinski definition) is 3. The molecule has 0 saturated heterocycles. The molecule has 0 saturated carbocycles. The normalized spacial score (nSPS) is 11.2. The predicted molar refractivity (Wildman–Crippen MR) is 63.7 cm³/mol. The van der Waals surface area contributed by atoms with Crippen LogP contribution in [-0.4, -0.2) is 12.0 Å². The van der Waals surface area contributed by atoms with E-state index in [9.17, 15) is 4.79 Å². The van der Waals surface area contributed by atoms with Crippen LogP contribution in [0.1, 0.15) is 26.3 Å². The Bertz CT molecular complexity index is 341. The second kappa shape index (κ2) is 5.09. The van der Waals surface area contributed by atoms with Gasteiger partial charge in [0.1, 0.15) is 0 Å². The van der Waals surface area contributed by atoms with Crippen LogP contribution in [0.2, 0.25) is 0 Å². The monoisotopic (exact) mass is 222 g/mol. The highest BCUT2D eigenvalue weighted by molar-refractivity contribution is 5.72. The topological polar surface area (TPSA) is 55.6 Å². The molecule has 0 radical (unpaired) electrons. The zero-order chi connectivity index (χ0) is 12.2. The average Bonchev–Trinajstić information content (AvgIpc) is 2.25. The first-order valence-electron chi connectivity index (χ1n) is 5.19. The third-order valence-corrected chi connectivity index (χ3v) is 1.89. The molecule has 0 aliphatic carbocycles. The van der Waals surface area contributed by atoms with Crippen LogP contribution in [0.3, 0.4) is 0 Å². The highest BCUT2D eigenvalue weighted by atomic mass is 16.7. The van der Waals surface area contributed by atoms with Crippen LogP contribution in [0, 0.1) is 0 Å². The minimum atomic E-state index is -0.409. The number of carbonyl (C=O) groups excluding carboxylic acids is 1. The van der Waals surface area contributed by atoms with Gasteiger partial charge in [0.25, 0.3) is 0 Å². The number of rotatable bonds is 4. The zero-order valence-electron chi connectivity index (χ0n) is 9.93. The largest absolute Gasteiger partial charge is 0.326 e. The molecule has 0 heterocycles. The molecule has 2 N–H and O–H groups in total. The summed E-state index contributed by atoms with van der Waals surface area (Å²) in [6.45, 7) is 6.15. The zero-order valence-corrected chi connectivity index (χ0v) is 9.93. The fourth-order valence-electron chi connectivity index (χ4n) is 1.21. The number of benzene rings is 1. The summed E-state index contributed by atoms with van der Waals surface area (Å²) in [4.78, 5) is 16.4. The van der Waals surface area contributed by atoms with Gasteiger partial charge in [-0.1, -0.05) is 12.1 Å². The predicted octanol–water partition coefficient (Wildman–Crippen LogP) is 1.84. The molecule has 0 fully saturated rings. The van der Waals surface area contributed by atoms with Gasteiger partial charge >= 0.3 is 0 Å². The molecule has 1 aromatic rings. The Balaban J connectivity index is 2.83. The molecule has 0 aliphatic rings. The van der Waals surface area contributed by atoms with Crippen LogP contribution in [0.25, 0.3) is 0 Å². The molecular weight excluding hydrogens is 204 g/mol. The van der Waals surface area contributed by atoms with Crippen LogP contribution >= 0.6 is 0 Å². The summed E-state index contributed by atoms with van der Waals surface area (Å²) in [5, 5.41) is 1.22. The lowest BCUT2D eigenvalue weighted by Crippen LogP contribution is -2.32. The quantitative estimate of drug-likeness (QED) is 0.624. The van der Waals surface area contributed by atoms with Gasteiger partial charge in [-0.05, 0) is 38.5 Å². The van der Waals surface area contributed by atoms with Crippen molar-refractivity contribution in [2.75, 3.05) is 5.06 Å². The lowest BCUT2D eigenvalue weighted by Gasteiger charge is -2.26. The van der Waals surface area contributed by atoms with Crippen molar-refractivity contribution in [2.45, 2.75) is 32.9 Å². The molecule has 1 rings (SSSR count). The first-order chi connectivity index (χ1) is 7.46. The third kappa shape index (κ3) is 3.64. The Hall–Kier alpha value is -1.39. The summed E-state index contributed by atoms with van der Waals surface area (Å²) in [5.41, 5.74) is 6.80. The van der Waals surface area contributed by atoms with E-state index in [1.54, 1.807) is 0 Å². The maximum Gasteiger partial charge on any atom is 0.238 e. The summed E-state index contributed by atoms with van der Waals surface area (Å²) >= 11 is 0. The van der Waals surface area contributed by atoms with Crippen molar-refractivity contribution in [3.8, 4) is 0 Å². The van der Waals surface area contributed by atoms with Crippen LogP contribution in [0.5, 0.6) is 0 Å². The van der Waals surface area contributed by atoms with Crippen LogP contribution in [0.4, 0.5) is 5.69 Å². The lowest BCUT2D eigenvalue weighted by atomic mass is 10.2. The summed E-state index contributed by atoms with van der Waals surface area (Å²) in [6.07, 6.45) is 0.655. The van der Waals surface area contributed by atoms with Crippen LogP contribution < -0.4 is 10.8 Å². The number of nitrogens with zero attached hydrogens (tertiary/aromatic N) is 1. The van der Waals surface area contributed by atoms with E-state index in [1.807, 2.05) is 45.0 Å². The Morgan fingerprint density at radius 2 is 1.88 bits per heavy atom. The highest BCUT2D eigenvalue weighted by Gasteiger charge is 2.17. The molecule has 4 heteroatoms. The van der Waals surface area contributed by atoms with E-state index in [-0.39, 0.29) is 0 Å². The van der Waals surface area contributed by atoms with Crippen LogP contribution in [-0.2, 0) is 16.2 Å². The summed E-state index contributed by atoms with van der Waals surface area (Å²) in [7, 11) is 0. The van der Waals surface area contributed by atoms with Crippen molar-refractivity contribution < 1.29 is 9.63 Å². The molecule has 0 aromatic heterocycles. The van der Waals surface area contributed by atoms with Crippen molar-refractivity contribution >= 4 is 12.1 Å². The van der Waals surface area contributed by atoms with Gasteiger partial charge in [-0.15, -0.1) is 0 Å².